The van der Waals surface area contributed by atoms with Crippen molar-refractivity contribution >= 4 is 5.69 Å². The number of para-hydroxylation sites is 2. The van der Waals surface area contributed by atoms with Gasteiger partial charge in [0.25, 0.3) is 0 Å². The van der Waals surface area contributed by atoms with Gasteiger partial charge in [-0.3, -0.25) is 0 Å². The van der Waals surface area contributed by atoms with Crippen molar-refractivity contribution in [1.82, 2.24) is 4.98 Å². The first-order chi connectivity index (χ1) is 13.3. The molecule has 1 fully saturated rings. The summed E-state index contributed by atoms with van der Waals surface area (Å²) in [5.74, 6) is 1.61. The normalized spacial score (nSPS) is 16.3. The minimum atomic E-state index is 0.141. The fraction of sp³-hybridized carbons (Fsp3) is 0.261. The second kappa shape index (κ2) is 8.12. The van der Waals surface area contributed by atoms with Crippen LogP contribution in [0, 0.1) is 6.92 Å². The Balaban J connectivity index is 1.41. The van der Waals surface area contributed by atoms with Crippen LogP contribution in [-0.2, 0) is 6.61 Å². The first kappa shape index (κ1) is 17.4. The molecule has 2 aromatic carbocycles. The number of hydrogen-bond donors (Lipinski definition) is 0. The van der Waals surface area contributed by atoms with Gasteiger partial charge in [-0.15, -0.1) is 0 Å². The molecule has 1 aromatic heterocycles. The number of pyridine rings is 1. The molecule has 0 radical (unpaired) electrons. The highest BCUT2D eigenvalue weighted by Crippen LogP contribution is 2.32. The molecule has 1 saturated heterocycles. The lowest BCUT2D eigenvalue weighted by Gasteiger charge is -2.22. The van der Waals surface area contributed by atoms with Gasteiger partial charge in [-0.1, -0.05) is 48.5 Å². The van der Waals surface area contributed by atoms with Crippen LogP contribution in [0.2, 0.25) is 0 Å². The summed E-state index contributed by atoms with van der Waals surface area (Å²) in [5, 5.41) is 0. The van der Waals surface area contributed by atoms with E-state index in [4.69, 9.17) is 9.47 Å². The van der Waals surface area contributed by atoms with Crippen LogP contribution in [0.1, 0.15) is 17.5 Å². The largest absolute Gasteiger partial charge is 0.487 e. The van der Waals surface area contributed by atoms with Crippen LogP contribution in [0.15, 0.2) is 72.9 Å². The summed E-state index contributed by atoms with van der Waals surface area (Å²) in [7, 11) is 0. The van der Waals surface area contributed by atoms with E-state index < -0.39 is 0 Å². The highest BCUT2D eigenvalue weighted by atomic mass is 16.5. The number of aromatic nitrogens is 1. The van der Waals surface area contributed by atoms with Gasteiger partial charge in [0.15, 0.2) is 0 Å². The third-order valence-corrected chi connectivity index (χ3v) is 4.76. The van der Waals surface area contributed by atoms with Crippen molar-refractivity contribution < 1.29 is 9.47 Å². The molecule has 4 rings (SSSR count). The van der Waals surface area contributed by atoms with Gasteiger partial charge >= 0.3 is 0 Å². The lowest BCUT2D eigenvalue weighted by molar-refractivity contribution is 0.215. The second-order valence-corrected chi connectivity index (χ2v) is 6.89. The molecule has 1 atom stereocenters. The molecule has 0 saturated carbocycles. The van der Waals surface area contributed by atoms with Crippen LogP contribution in [-0.4, -0.2) is 24.2 Å². The quantitative estimate of drug-likeness (QED) is 0.642. The van der Waals surface area contributed by atoms with E-state index in [1.807, 2.05) is 55.6 Å². The first-order valence-corrected chi connectivity index (χ1v) is 9.38. The van der Waals surface area contributed by atoms with Crippen LogP contribution in [0.3, 0.4) is 0 Å². The Labute approximate surface area is 160 Å². The average Bonchev–Trinajstić information content (AvgIpc) is 3.17. The summed E-state index contributed by atoms with van der Waals surface area (Å²) in [6.45, 7) is 4.38. The monoisotopic (exact) mass is 360 g/mol. The summed E-state index contributed by atoms with van der Waals surface area (Å²) in [4.78, 5) is 6.69. The van der Waals surface area contributed by atoms with E-state index in [1.54, 1.807) is 0 Å². The summed E-state index contributed by atoms with van der Waals surface area (Å²) in [6, 6.07) is 22.4. The fourth-order valence-corrected chi connectivity index (χ4v) is 3.31. The molecule has 1 aliphatic heterocycles. The standard InChI is InChI=1S/C23H24N2O2/c1-18-11-12-23(24-15-18)27-20-13-14-25(16-20)21-9-5-6-10-22(21)26-17-19-7-3-2-4-8-19/h2-12,15,20H,13-14,16-17H2,1H3/t20-/m0/s1. The number of anilines is 1. The van der Waals surface area contributed by atoms with E-state index in [9.17, 15) is 0 Å². The molecule has 4 nitrogen and oxygen atoms in total. The lowest BCUT2D eigenvalue weighted by Crippen LogP contribution is -2.25. The van der Waals surface area contributed by atoms with Crippen molar-refractivity contribution in [2.75, 3.05) is 18.0 Å². The molecule has 0 amide bonds. The van der Waals surface area contributed by atoms with E-state index in [-0.39, 0.29) is 6.10 Å². The van der Waals surface area contributed by atoms with E-state index in [0.717, 1.165) is 36.5 Å². The van der Waals surface area contributed by atoms with Gasteiger partial charge in [0.05, 0.1) is 12.2 Å². The zero-order valence-corrected chi connectivity index (χ0v) is 15.5. The van der Waals surface area contributed by atoms with Gasteiger partial charge in [-0.2, -0.15) is 0 Å². The third-order valence-electron chi connectivity index (χ3n) is 4.76. The Kier molecular flexibility index (Phi) is 5.24. The molecule has 0 N–H and O–H groups in total. The van der Waals surface area contributed by atoms with Crippen LogP contribution in [0.4, 0.5) is 5.69 Å². The second-order valence-electron chi connectivity index (χ2n) is 6.89. The van der Waals surface area contributed by atoms with E-state index in [2.05, 4.69) is 34.1 Å². The molecule has 0 unspecified atom stereocenters. The maximum absolute atomic E-state index is 6.11. The Hall–Kier alpha value is -3.01. The minimum Gasteiger partial charge on any atom is -0.487 e. The van der Waals surface area contributed by atoms with Crippen molar-refractivity contribution in [3.05, 3.63) is 84.1 Å². The molecule has 1 aliphatic rings. The van der Waals surface area contributed by atoms with Crippen molar-refractivity contribution in [2.24, 2.45) is 0 Å². The van der Waals surface area contributed by atoms with Gasteiger partial charge in [-0.05, 0) is 30.2 Å². The predicted molar refractivity (Wildman–Crippen MR) is 107 cm³/mol. The zero-order valence-electron chi connectivity index (χ0n) is 15.5. The SMILES string of the molecule is Cc1ccc(O[C@H]2CCN(c3ccccc3OCc3ccccc3)C2)nc1. The maximum atomic E-state index is 6.11. The van der Waals surface area contributed by atoms with Gasteiger partial charge in [0.1, 0.15) is 18.5 Å². The topological polar surface area (TPSA) is 34.6 Å². The summed E-state index contributed by atoms with van der Waals surface area (Å²) >= 11 is 0. The number of benzene rings is 2. The molecule has 27 heavy (non-hydrogen) atoms. The van der Waals surface area contributed by atoms with E-state index >= 15 is 0 Å². The van der Waals surface area contributed by atoms with Crippen LogP contribution in [0.5, 0.6) is 11.6 Å². The number of hydrogen-bond acceptors (Lipinski definition) is 4. The van der Waals surface area contributed by atoms with Gasteiger partial charge < -0.3 is 14.4 Å². The maximum Gasteiger partial charge on any atom is 0.213 e. The lowest BCUT2D eigenvalue weighted by atomic mass is 10.2. The third kappa shape index (κ3) is 4.40. The van der Waals surface area contributed by atoms with Crippen molar-refractivity contribution in [3.8, 4) is 11.6 Å². The molecule has 2 heterocycles. The van der Waals surface area contributed by atoms with Crippen LogP contribution >= 0.6 is 0 Å². The molecule has 0 aliphatic carbocycles. The number of aryl methyl sites for hydroxylation is 1. The molecule has 0 spiro atoms. The Morgan fingerprint density at radius 1 is 1.00 bits per heavy atom. The molecular formula is C23H24N2O2. The van der Waals surface area contributed by atoms with Crippen LogP contribution < -0.4 is 14.4 Å². The Morgan fingerprint density at radius 3 is 2.63 bits per heavy atom. The zero-order chi connectivity index (χ0) is 18.5. The van der Waals surface area contributed by atoms with Crippen LogP contribution in [0.25, 0.3) is 0 Å². The Morgan fingerprint density at radius 2 is 1.81 bits per heavy atom. The van der Waals surface area contributed by atoms with Gasteiger partial charge in [-0.25, -0.2) is 4.98 Å². The smallest absolute Gasteiger partial charge is 0.213 e. The number of rotatable bonds is 6. The van der Waals surface area contributed by atoms with Crippen molar-refractivity contribution in [2.45, 2.75) is 26.1 Å². The summed E-state index contributed by atoms with van der Waals surface area (Å²) in [5.41, 5.74) is 3.43. The molecule has 4 heteroatoms. The predicted octanol–water partition coefficient (Wildman–Crippen LogP) is 4.63. The van der Waals surface area contributed by atoms with Gasteiger partial charge in [0.2, 0.25) is 5.88 Å². The minimum absolute atomic E-state index is 0.141. The molecule has 3 aromatic rings. The molecular weight excluding hydrogens is 336 g/mol. The van der Waals surface area contributed by atoms with E-state index in [0.29, 0.717) is 12.5 Å². The van der Waals surface area contributed by atoms with Gasteiger partial charge in [0, 0.05) is 25.2 Å². The average molecular weight is 360 g/mol. The first-order valence-electron chi connectivity index (χ1n) is 9.38. The fourth-order valence-electron chi connectivity index (χ4n) is 3.31. The summed E-state index contributed by atoms with van der Waals surface area (Å²) < 4.78 is 12.2. The summed E-state index contributed by atoms with van der Waals surface area (Å²) in [6.07, 6.45) is 2.96. The number of nitrogens with zero attached hydrogens (tertiary/aromatic N) is 2. The molecule has 0 bridgehead atoms. The Bertz CT molecular complexity index is 865. The van der Waals surface area contributed by atoms with Crippen molar-refractivity contribution in [1.29, 1.82) is 0 Å². The highest BCUT2D eigenvalue weighted by Gasteiger charge is 2.26. The highest BCUT2D eigenvalue weighted by molar-refractivity contribution is 5.59. The molecule has 138 valence electrons. The van der Waals surface area contributed by atoms with E-state index in [1.165, 1.54) is 5.56 Å². The van der Waals surface area contributed by atoms with Crippen molar-refractivity contribution in [3.63, 3.8) is 0 Å². The number of ether oxygens (including phenoxy) is 2.